The lowest BCUT2D eigenvalue weighted by atomic mass is 10.1. The van der Waals surface area contributed by atoms with Crippen molar-refractivity contribution in [3.05, 3.63) is 42.5 Å². The molecular weight excluding hydrogens is 444 g/mol. The number of hydrogen-bond donors (Lipinski definition) is 1. The van der Waals surface area contributed by atoms with Crippen LogP contribution in [0, 0.1) is 0 Å². The molecule has 0 atom stereocenters. The van der Waals surface area contributed by atoms with Crippen molar-refractivity contribution in [2.24, 2.45) is 0 Å². The Hall–Kier alpha value is -1.77. The van der Waals surface area contributed by atoms with Crippen LogP contribution < -0.4 is 4.74 Å². The van der Waals surface area contributed by atoms with Crippen LogP contribution in [0.4, 0.5) is 0 Å². The van der Waals surface area contributed by atoms with Crippen molar-refractivity contribution >= 4 is 5.97 Å². The molecule has 0 aliphatic carbocycles. The van der Waals surface area contributed by atoms with Gasteiger partial charge in [-0.05, 0) is 50.7 Å². The number of rotatable bonds is 24. The SMILES string of the molecule is CCCCCCCCC=CCCCCCCCC(=O)O.CCCCCCCCCOc1ccccc1. The lowest BCUT2D eigenvalue weighted by Crippen LogP contribution is -1.96. The maximum atomic E-state index is 10.3. The minimum atomic E-state index is -0.664. The molecule has 1 aromatic carbocycles. The Balaban J connectivity index is 0.000000696. The Morgan fingerprint density at radius 3 is 1.58 bits per heavy atom. The van der Waals surface area contributed by atoms with Gasteiger partial charge in [0.25, 0.3) is 0 Å². The van der Waals surface area contributed by atoms with Gasteiger partial charge in [0.1, 0.15) is 5.75 Å². The summed E-state index contributed by atoms with van der Waals surface area (Å²) < 4.78 is 5.63. The van der Waals surface area contributed by atoms with Crippen molar-refractivity contribution in [2.75, 3.05) is 6.61 Å². The summed E-state index contributed by atoms with van der Waals surface area (Å²) in [5.74, 6) is 0.330. The molecule has 3 nitrogen and oxygen atoms in total. The molecule has 1 N–H and O–H groups in total. The Kier molecular flexibility index (Phi) is 28.0. The Morgan fingerprint density at radius 1 is 0.639 bits per heavy atom. The molecule has 0 amide bonds. The third-order valence-electron chi connectivity index (χ3n) is 6.41. The van der Waals surface area contributed by atoms with Crippen molar-refractivity contribution in [1.82, 2.24) is 0 Å². The van der Waals surface area contributed by atoms with E-state index in [1.54, 1.807) is 0 Å². The van der Waals surface area contributed by atoms with E-state index in [-0.39, 0.29) is 0 Å². The smallest absolute Gasteiger partial charge is 0.303 e. The van der Waals surface area contributed by atoms with Gasteiger partial charge < -0.3 is 9.84 Å². The molecule has 0 spiro atoms. The predicted octanol–water partition coefficient (Wildman–Crippen LogP) is 10.9. The van der Waals surface area contributed by atoms with E-state index in [0.29, 0.717) is 6.42 Å². The van der Waals surface area contributed by atoms with Crippen LogP contribution in [-0.4, -0.2) is 17.7 Å². The van der Waals surface area contributed by atoms with E-state index < -0.39 is 5.97 Å². The molecule has 1 rings (SSSR count). The van der Waals surface area contributed by atoms with Crippen LogP contribution in [0.3, 0.4) is 0 Å². The van der Waals surface area contributed by atoms with E-state index in [0.717, 1.165) is 25.2 Å². The summed E-state index contributed by atoms with van der Waals surface area (Å²) >= 11 is 0. The van der Waals surface area contributed by atoms with E-state index in [1.807, 2.05) is 30.3 Å². The number of para-hydroxylation sites is 1. The fourth-order valence-corrected chi connectivity index (χ4v) is 4.11. The molecule has 0 aromatic heterocycles. The fourth-order valence-electron chi connectivity index (χ4n) is 4.11. The molecule has 3 heteroatoms. The molecule has 208 valence electrons. The van der Waals surface area contributed by atoms with Crippen molar-refractivity contribution in [3.8, 4) is 5.75 Å². The third kappa shape index (κ3) is 28.5. The lowest BCUT2D eigenvalue weighted by molar-refractivity contribution is -0.137. The second-order valence-corrected chi connectivity index (χ2v) is 10.0. The molecule has 0 radical (unpaired) electrons. The van der Waals surface area contributed by atoms with E-state index >= 15 is 0 Å². The van der Waals surface area contributed by atoms with Crippen molar-refractivity contribution in [3.63, 3.8) is 0 Å². The maximum Gasteiger partial charge on any atom is 0.303 e. The van der Waals surface area contributed by atoms with Gasteiger partial charge in [-0.25, -0.2) is 0 Å². The topological polar surface area (TPSA) is 46.5 Å². The average Bonchev–Trinajstić information content (AvgIpc) is 2.89. The highest BCUT2D eigenvalue weighted by atomic mass is 16.5. The zero-order valence-corrected chi connectivity index (χ0v) is 23.9. The predicted molar refractivity (Wildman–Crippen MR) is 157 cm³/mol. The summed E-state index contributed by atoms with van der Waals surface area (Å²) in [5, 5.41) is 8.51. The molecule has 0 saturated heterocycles. The fraction of sp³-hybridized carbons (Fsp3) is 0.727. The van der Waals surface area contributed by atoms with Gasteiger partial charge in [-0.2, -0.15) is 0 Å². The highest BCUT2D eigenvalue weighted by Crippen LogP contribution is 2.11. The van der Waals surface area contributed by atoms with Crippen LogP contribution in [0.1, 0.15) is 149 Å². The first-order chi connectivity index (χ1) is 17.7. The first-order valence-electron chi connectivity index (χ1n) is 15.2. The van der Waals surface area contributed by atoms with Gasteiger partial charge in [0.2, 0.25) is 0 Å². The monoisotopic (exact) mass is 502 g/mol. The number of allylic oxidation sites excluding steroid dienone is 2. The maximum absolute atomic E-state index is 10.3. The number of carboxylic acids is 1. The summed E-state index contributed by atoms with van der Waals surface area (Å²) in [6.45, 7) is 5.38. The molecule has 0 saturated carbocycles. The highest BCUT2D eigenvalue weighted by molar-refractivity contribution is 5.66. The number of aliphatic carboxylic acids is 1. The second-order valence-electron chi connectivity index (χ2n) is 10.0. The lowest BCUT2D eigenvalue weighted by Gasteiger charge is -2.05. The normalized spacial score (nSPS) is 10.8. The zero-order chi connectivity index (χ0) is 26.4. The second kappa shape index (κ2) is 29.5. The Bertz CT molecular complexity index is 582. The van der Waals surface area contributed by atoms with E-state index in [2.05, 4.69) is 26.0 Å². The van der Waals surface area contributed by atoms with Gasteiger partial charge in [0.15, 0.2) is 0 Å². The minimum absolute atomic E-state index is 0.332. The Labute approximate surface area is 224 Å². The van der Waals surface area contributed by atoms with Crippen LogP contribution in [-0.2, 0) is 4.79 Å². The van der Waals surface area contributed by atoms with Crippen LogP contribution in [0.2, 0.25) is 0 Å². The molecule has 1 aromatic rings. The quantitative estimate of drug-likeness (QED) is 0.113. The van der Waals surface area contributed by atoms with Crippen LogP contribution in [0.5, 0.6) is 5.75 Å². The van der Waals surface area contributed by atoms with E-state index in [4.69, 9.17) is 9.84 Å². The van der Waals surface area contributed by atoms with Gasteiger partial charge in [0.05, 0.1) is 6.61 Å². The largest absolute Gasteiger partial charge is 0.494 e. The molecule has 36 heavy (non-hydrogen) atoms. The number of unbranched alkanes of at least 4 members (excludes halogenated alkanes) is 17. The first kappa shape index (κ1) is 34.2. The van der Waals surface area contributed by atoms with Gasteiger partial charge in [-0.15, -0.1) is 0 Å². The van der Waals surface area contributed by atoms with Gasteiger partial charge in [-0.1, -0.05) is 134 Å². The summed E-state index contributed by atoms with van der Waals surface area (Å²) in [7, 11) is 0. The van der Waals surface area contributed by atoms with Gasteiger partial charge in [-0.3, -0.25) is 4.79 Å². The molecule has 0 bridgehead atoms. The first-order valence-corrected chi connectivity index (χ1v) is 15.2. The highest BCUT2D eigenvalue weighted by Gasteiger charge is 1.96. The number of carboxylic acid groups (broad SMARTS) is 1. The minimum Gasteiger partial charge on any atom is -0.494 e. The summed E-state index contributed by atoms with van der Waals surface area (Å²) in [5.41, 5.74) is 0. The summed E-state index contributed by atoms with van der Waals surface area (Å²) in [6.07, 6.45) is 30.6. The standard InChI is InChI=1S/C18H34O2.C15H24O/c1-2-3-4-5-6-7-8-9-10-11-12-13-14-15-16-17-18(19)20;1-2-3-4-5-6-7-11-14-16-15-12-9-8-10-13-15/h9-10H,2-8,11-17H2,1H3,(H,19,20);8-10,12-13H,2-7,11,14H2,1H3. The molecular formula is C33H58O3. The van der Waals surface area contributed by atoms with Gasteiger partial charge >= 0.3 is 5.97 Å². The van der Waals surface area contributed by atoms with Crippen molar-refractivity contribution < 1.29 is 14.6 Å². The van der Waals surface area contributed by atoms with Gasteiger partial charge in [0, 0.05) is 6.42 Å². The van der Waals surface area contributed by atoms with Crippen molar-refractivity contribution in [1.29, 1.82) is 0 Å². The molecule has 0 fully saturated rings. The third-order valence-corrected chi connectivity index (χ3v) is 6.41. The molecule has 0 aliphatic rings. The van der Waals surface area contributed by atoms with Crippen LogP contribution in [0.25, 0.3) is 0 Å². The van der Waals surface area contributed by atoms with Crippen LogP contribution >= 0.6 is 0 Å². The summed E-state index contributed by atoms with van der Waals surface area (Å²) in [6, 6.07) is 10.1. The average molecular weight is 503 g/mol. The number of hydrogen-bond acceptors (Lipinski definition) is 2. The summed E-state index contributed by atoms with van der Waals surface area (Å²) in [4.78, 5) is 10.3. The van der Waals surface area contributed by atoms with Crippen molar-refractivity contribution in [2.45, 2.75) is 149 Å². The molecule has 0 unspecified atom stereocenters. The van der Waals surface area contributed by atoms with Crippen LogP contribution in [0.15, 0.2) is 42.5 Å². The molecule has 0 heterocycles. The van der Waals surface area contributed by atoms with E-state index in [9.17, 15) is 4.79 Å². The Morgan fingerprint density at radius 2 is 1.08 bits per heavy atom. The van der Waals surface area contributed by atoms with E-state index in [1.165, 1.54) is 116 Å². The number of benzene rings is 1. The molecule has 0 aliphatic heterocycles. The zero-order valence-electron chi connectivity index (χ0n) is 23.9. The number of ether oxygens (including phenoxy) is 1. The number of carbonyl (C=O) groups is 1.